The Morgan fingerprint density at radius 2 is 1.83 bits per heavy atom. The normalized spacial score (nSPS) is 10.9. The summed E-state index contributed by atoms with van der Waals surface area (Å²) in [5.74, 6) is -0.712. The van der Waals surface area contributed by atoms with Gasteiger partial charge in [-0.3, -0.25) is 4.79 Å². The molecule has 116 valence electrons. The number of nitriles is 1. The Kier molecular flexibility index (Phi) is 5.54. The van der Waals surface area contributed by atoms with Crippen LogP contribution in [0.4, 0.5) is 5.69 Å². The van der Waals surface area contributed by atoms with Crippen molar-refractivity contribution in [2.75, 3.05) is 11.4 Å². The number of carbonyl (C=O) groups excluding carboxylic acids is 1. The molecule has 0 saturated heterocycles. The molecule has 4 heteroatoms. The highest BCUT2D eigenvalue weighted by Crippen LogP contribution is 2.19. The Morgan fingerprint density at radius 3 is 2.35 bits per heavy atom. The van der Waals surface area contributed by atoms with E-state index in [2.05, 4.69) is 24.0 Å². The zero-order valence-electron chi connectivity index (χ0n) is 13.1. The van der Waals surface area contributed by atoms with E-state index in [1.165, 1.54) is 11.6 Å². The average molecular weight is 305 g/mol. The first-order valence-corrected chi connectivity index (χ1v) is 7.44. The van der Waals surface area contributed by atoms with Crippen molar-refractivity contribution in [2.24, 2.45) is 5.73 Å². The smallest absolute Gasteiger partial charge is 0.259 e. The number of primary amides is 1. The van der Waals surface area contributed by atoms with Gasteiger partial charge in [0, 0.05) is 18.8 Å². The van der Waals surface area contributed by atoms with Crippen LogP contribution in [0.5, 0.6) is 0 Å². The minimum atomic E-state index is -0.712. The second kappa shape index (κ2) is 7.81. The third-order valence-corrected chi connectivity index (χ3v) is 3.55. The quantitative estimate of drug-likeness (QED) is 0.658. The zero-order chi connectivity index (χ0) is 16.7. The zero-order valence-corrected chi connectivity index (χ0v) is 13.1. The lowest BCUT2D eigenvalue weighted by molar-refractivity contribution is -0.114. The van der Waals surface area contributed by atoms with Crippen LogP contribution >= 0.6 is 0 Å². The number of benzene rings is 2. The number of carbonyl (C=O) groups is 1. The molecule has 1 amide bonds. The highest BCUT2D eigenvalue weighted by molar-refractivity contribution is 6.00. The maximum Gasteiger partial charge on any atom is 0.259 e. The lowest BCUT2D eigenvalue weighted by Crippen LogP contribution is -2.21. The van der Waals surface area contributed by atoms with E-state index in [4.69, 9.17) is 11.0 Å². The molecule has 0 aromatic heterocycles. The molecule has 0 heterocycles. The molecule has 0 radical (unpaired) electrons. The lowest BCUT2D eigenvalue weighted by atomic mass is 10.1. The Labute approximate surface area is 136 Å². The fourth-order valence-electron chi connectivity index (χ4n) is 2.30. The number of rotatable bonds is 6. The molecular formula is C19H19N3O. The number of hydrogen-bond acceptors (Lipinski definition) is 3. The van der Waals surface area contributed by atoms with Gasteiger partial charge in [0.1, 0.15) is 11.6 Å². The molecule has 2 aromatic carbocycles. The predicted octanol–water partition coefficient (Wildman–Crippen LogP) is 3.11. The van der Waals surface area contributed by atoms with Gasteiger partial charge in [0.15, 0.2) is 0 Å². The monoisotopic (exact) mass is 305 g/mol. The third kappa shape index (κ3) is 4.45. The molecule has 0 fully saturated rings. The second-order valence-corrected chi connectivity index (χ2v) is 5.13. The highest BCUT2D eigenvalue weighted by atomic mass is 16.1. The van der Waals surface area contributed by atoms with Gasteiger partial charge in [-0.25, -0.2) is 0 Å². The standard InChI is InChI=1S/C19H19N3O/c1-2-22(14-16-6-4-3-5-7-16)18-10-8-15(9-11-18)12-17(13-20)19(21)23/h3-12H,2,14H2,1H3,(H2,21,23)/b17-12-. The van der Waals surface area contributed by atoms with E-state index >= 15 is 0 Å². The van der Waals surface area contributed by atoms with Gasteiger partial charge >= 0.3 is 0 Å². The van der Waals surface area contributed by atoms with Gasteiger partial charge in [-0.05, 0) is 36.3 Å². The molecule has 2 rings (SSSR count). The van der Waals surface area contributed by atoms with Crippen LogP contribution < -0.4 is 10.6 Å². The van der Waals surface area contributed by atoms with Gasteiger partial charge in [-0.1, -0.05) is 42.5 Å². The van der Waals surface area contributed by atoms with Crippen molar-refractivity contribution in [1.29, 1.82) is 5.26 Å². The largest absolute Gasteiger partial charge is 0.367 e. The Bertz CT molecular complexity index is 727. The van der Waals surface area contributed by atoms with Crippen molar-refractivity contribution in [3.8, 4) is 6.07 Å². The van der Waals surface area contributed by atoms with Crippen LogP contribution in [0.1, 0.15) is 18.1 Å². The predicted molar refractivity (Wildman–Crippen MR) is 92.4 cm³/mol. The Hall–Kier alpha value is -3.06. The second-order valence-electron chi connectivity index (χ2n) is 5.13. The van der Waals surface area contributed by atoms with Crippen LogP contribution in [0.3, 0.4) is 0 Å². The molecule has 2 aromatic rings. The van der Waals surface area contributed by atoms with Crippen LogP contribution in [-0.4, -0.2) is 12.5 Å². The molecule has 2 N–H and O–H groups in total. The van der Waals surface area contributed by atoms with E-state index in [1.54, 1.807) is 0 Å². The van der Waals surface area contributed by atoms with Crippen molar-refractivity contribution in [1.82, 2.24) is 0 Å². The van der Waals surface area contributed by atoms with E-state index in [0.29, 0.717) is 0 Å². The first-order valence-electron chi connectivity index (χ1n) is 7.44. The summed E-state index contributed by atoms with van der Waals surface area (Å²) in [6.45, 7) is 3.82. The summed E-state index contributed by atoms with van der Waals surface area (Å²) in [5.41, 5.74) is 8.21. The SMILES string of the molecule is CCN(Cc1ccccc1)c1ccc(/C=C(/C#N)C(N)=O)cc1. The summed E-state index contributed by atoms with van der Waals surface area (Å²) in [7, 11) is 0. The molecule has 0 saturated carbocycles. The van der Waals surface area contributed by atoms with Gasteiger partial charge in [-0.15, -0.1) is 0 Å². The Balaban J connectivity index is 2.17. The molecule has 23 heavy (non-hydrogen) atoms. The van der Waals surface area contributed by atoms with Crippen molar-refractivity contribution < 1.29 is 4.79 Å². The fourth-order valence-corrected chi connectivity index (χ4v) is 2.30. The number of nitrogens with two attached hydrogens (primary N) is 1. The van der Waals surface area contributed by atoms with Crippen LogP contribution in [0, 0.1) is 11.3 Å². The maximum absolute atomic E-state index is 11.1. The molecule has 0 aliphatic rings. The van der Waals surface area contributed by atoms with Crippen LogP contribution in [0.25, 0.3) is 6.08 Å². The van der Waals surface area contributed by atoms with Gasteiger partial charge in [-0.2, -0.15) is 5.26 Å². The average Bonchev–Trinajstić information content (AvgIpc) is 2.59. The van der Waals surface area contributed by atoms with E-state index < -0.39 is 5.91 Å². The molecule has 0 atom stereocenters. The van der Waals surface area contributed by atoms with Gasteiger partial charge in [0.2, 0.25) is 0 Å². The van der Waals surface area contributed by atoms with Gasteiger partial charge in [0.05, 0.1) is 0 Å². The van der Waals surface area contributed by atoms with E-state index in [-0.39, 0.29) is 5.57 Å². The number of hydrogen-bond donors (Lipinski definition) is 1. The highest BCUT2D eigenvalue weighted by Gasteiger charge is 2.06. The number of nitrogens with zero attached hydrogens (tertiary/aromatic N) is 2. The Morgan fingerprint density at radius 1 is 1.17 bits per heavy atom. The molecule has 0 unspecified atom stereocenters. The summed E-state index contributed by atoms with van der Waals surface area (Å²) < 4.78 is 0. The van der Waals surface area contributed by atoms with Gasteiger partial charge < -0.3 is 10.6 Å². The maximum atomic E-state index is 11.1. The molecule has 0 bridgehead atoms. The minimum absolute atomic E-state index is 0.0469. The van der Waals surface area contributed by atoms with Crippen LogP contribution in [0.2, 0.25) is 0 Å². The summed E-state index contributed by atoms with van der Waals surface area (Å²) >= 11 is 0. The molecule has 0 spiro atoms. The molecular weight excluding hydrogens is 286 g/mol. The lowest BCUT2D eigenvalue weighted by Gasteiger charge is -2.23. The topological polar surface area (TPSA) is 70.1 Å². The van der Waals surface area contributed by atoms with Crippen molar-refractivity contribution in [2.45, 2.75) is 13.5 Å². The summed E-state index contributed by atoms with van der Waals surface area (Å²) in [6.07, 6.45) is 1.50. The first kappa shape index (κ1) is 16.3. The molecule has 0 aliphatic carbocycles. The van der Waals surface area contributed by atoms with Crippen LogP contribution in [-0.2, 0) is 11.3 Å². The third-order valence-electron chi connectivity index (χ3n) is 3.55. The molecule has 0 aliphatic heterocycles. The van der Waals surface area contributed by atoms with Gasteiger partial charge in [0.25, 0.3) is 5.91 Å². The van der Waals surface area contributed by atoms with E-state index in [9.17, 15) is 4.79 Å². The summed E-state index contributed by atoms with van der Waals surface area (Å²) in [4.78, 5) is 13.3. The van der Waals surface area contributed by atoms with E-state index in [0.717, 1.165) is 24.3 Å². The van der Waals surface area contributed by atoms with Crippen LogP contribution in [0.15, 0.2) is 60.2 Å². The number of anilines is 1. The minimum Gasteiger partial charge on any atom is -0.367 e. The van der Waals surface area contributed by atoms with E-state index in [1.807, 2.05) is 48.5 Å². The first-order chi connectivity index (χ1) is 11.1. The van der Waals surface area contributed by atoms with Crippen molar-refractivity contribution in [3.63, 3.8) is 0 Å². The van der Waals surface area contributed by atoms with Crippen molar-refractivity contribution in [3.05, 3.63) is 71.3 Å². The summed E-state index contributed by atoms with van der Waals surface area (Å²) in [5, 5.41) is 8.88. The fraction of sp³-hybridized carbons (Fsp3) is 0.158. The summed E-state index contributed by atoms with van der Waals surface area (Å²) in [6, 6.07) is 19.8. The molecule has 4 nitrogen and oxygen atoms in total. The van der Waals surface area contributed by atoms with Crippen molar-refractivity contribution >= 4 is 17.7 Å². The number of amides is 1.